The summed E-state index contributed by atoms with van der Waals surface area (Å²) in [6, 6.07) is 27.8. The van der Waals surface area contributed by atoms with Crippen LogP contribution >= 0.6 is 31.9 Å². The normalized spacial score (nSPS) is 20.7. The molecule has 2 N–H and O–H groups in total. The zero-order valence-electron chi connectivity index (χ0n) is 23.3. The molecule has 0 aliphatic carbocycles. The van der Waals surface area contributed by atoms with Gasteiger partial charge in [-0.2, -0.15) is 0 Å². The Labute approximate surface area is 270 Å². The smallest absolute Gasteiger partial charge is 0.253 e. The number of Topliss-reactive ketones (excluding diaryl/α,β-unsaturated/α-hetero) is 2. The molecule has 2 amide bonds. The van der Waals surface area contributed by atoms with Crippen molar-refractivity contribution in [2.75, 3.05) is 23.8 Å². The summed E-state index contributed by atoms with van der Waals surface area (Å²) >= 11 is 6.83. The molecule has 2 aliphatic rings. The van der Waals surface area contributed by atoms with Gasteiger partial charge in [0.25, 0.3) is 11.8 Å². The van der Waals surface area contributed by atoms with E-state index in [0.29, 0.717) is 71.2 Å². The molecular formula is C34H26Br2N2O6. The van der Waals surface area contributed by atoms with E-state index in [-0.39, 0.29) is 11.6 Å². The Balaban J connectivity index is 1.04. The number of ketones is 2. The Morgan fingerprint density at radius 1 is 0.545 bits per heavy atom. The van der Waals surface area contributed by atoms with Crippen LogP contribution in [0.25, 0.3) is 0 Å². The van der Waals surface area contributed by atoms with Gasteiger partial charge in [0, 0.05) is 11.1 Å². The molecule has 8 nitrogen and oxygen atoms in total. The standard InChI is InChI=1S/C34H26Br2N2O6/c35-33(21-9-3-1-4-10-21)29(39)25-19-23(13-15-27(25)37-31(33)41)43-17-7-8-18-44-24-14-16-28-26(20-24)30(40)34(36,32(42)38-28)22-11-5-2-6-12-22/h1-6,9-16,19-20H,7-8,17-18H2,(H,37,41)(H,38,42). The van der Waals surface area contributed by atoms with Gasteiger partial charge < -0.3 is 20.1 Å². The van der Waals surface area contributed by atoms with Crippen molar-refractivity contribution in [3.05, 3.63) is 119 Å². The number of alkyl halides is 2. The Bertz CT molecular complexity index is 1650. The number of amides is 2. The molecule has 0 saturated heterocycles. The van der Waals surface area contributed by atoms with Crippen LogP contribution in [0.2, 0.25) is 0 Å². The first kappa shape index (κ1) is 29.8. The lowest BCUT2D eigenvalue weighted by atomic mass is 9.86. The van der Waals surface area contributed by atoms with E-state index in [4.69, 9.17) is 9.47 Å². The van der Waals surface area contributed by atoms with Crippen LogP contribution in [0.3, 0.4) is 0 Å². The van der Waals surface area contributed by atoms with Crippen LogP contribution in [-0.2, 0) is 18.2 Å². The molecule has 10 heteroatoms. The molecular weight excluding hydrogens is 692 g/mol. The first-order chi connectivity index (χ1) is 21.2. The van der Waals surface area contributed by atoms with Gasteiger partial charge in [-0.15, -0.1) is 0 Å². The monoisotopic (exact) mass is 716 g/mol. The van der Waals surface area contributed by atoms with Crippen molar-refractivity contribution in [1.29, 1.82) is 0 Å². The maximum Gasteiger partial charge on any atom is 0.253 e. The van der Waals surface area contributed by atoms with Crippen LogP contribution in [-0.4, -0.2) is 36.6 Å². The largest absolute Gasteiger partial charge is 0.494 e. The molecule has 0 radical (unpaired) electrons. The number of hydrogen-bond donors (Lipinski definition) is 2. The number of carbonyl (C=O) groups excluding carboxylic acids is 4. The summed E-state index contributed by atoms with van der Waals surface area (Å²) in [5.41, 5.74) is 2.71. The highest BCUT2D eigenvalue weighted by molar-refractivity contribution is 9.10. The Hall–Kier alpha value is -4.28. The van der Waals surface area contributed by atoms with Gasteiger partial charge in [0.05, 0.1) is 24.6 Å². The summed E-state index contributed by atoms with van der Waals surface area (Å²) in [6.07, 6.45) is 1.35. The number of carbonyl (C=O) groups is 4. The predicted molar refractivity (Wildman–Crippen MR) is 173 cm³/mol. The zero-order valence-corrected chi connectivity index (χ0v) is 26.4. The number of benzene rings is 4. The minimum Gasteiger partial charge on any atom is -0.494 e. The molecule has 0 spiro atoms. The number of unbranched alkanes of at least 4 members (excludes halogenated alkanes) is 1. The van der Waals surface area contributed by atoms with Crippen molar-refractivity contribution in [1.82, 2.24) is 0 Å². The van der Waals surface area contributed by atoms with Gasteiger partial charge in [0.15, 0.2) is 20.2 Å². The Kier molecular flexibility index (Phi) is 8.13. The van der Waals surface area contributed by atoms with Crippen molar-refractivity contribution in [2.24, 2.45) is 0 Å². The van der Waals surface area contributed by atoms with E-state index in [1.807, 2.05) is 12.1 Å². The number of anilines is 2. The number of hydrogen-bond acceptors (Lipinski definition) is 6. The quantitative estimate of drug-likeness (QED) is 0.112. The highest BCUT2D eigenvalue weighted by Crippen LogP contribution is 2.43. The predicted octanol–water partition coefficient (Wildman–Crippen LogP) is 6.78. The minimum atomic E-state index is -1.51. The van der Waals surface area contributed by atoms with Crippen LogP contribution in [0, 0.1) is 0 Å². The van der Waals surface area contributed by atoms with E-state index < -0.39 is 20.5 Å². The molecule has 4 aromatic rings. The average Bonchev–Trinajstić information content (AvgIpc) is 3.05. The molecule has 0 bridgehead atoms. The molecule has 0 fully saturated rings. The fraction of sp³-hybridized carbons (Fsp3) is 0.176. The first-order valence-corrected chi connectivity index (χ1v) is 15.6. The molecule has 2 atom stereocenters. The van der Waals surface area contributed by atoms with Crippen molar-refractivity contribution >= 4 is 66.6 Å². The molecule has 0 saturated carbocycles. The topological polar surface area (TPSA) is 111 Å². The number of rotatable bonds is 9. The van der Waals surface area contributed by atoms with Gasteiger partial charge in [0.1, 0.15) is 11.5 Å². The maximum absolute atomic E-state index is 13.5. The fourth-order valence-electron chi connectivity index (χ4n) is 5.26. The molecule has 6 rings (SSSR count). The third-order valence-corrected chi connectivity index (χ3v) is 9.99. The van der Waals surface area contributed by atoms with E-state index in [1.165, 1.54) is 0 Å². The van der Waals surface area contributed by atoms with Crippen molar-refractivity contribution < 1.29 is 28.7 Å². The average molecular weight is 718 g/mol. The van der Waals surface area contributed by atoms with Crippen LogP contribution in [0.5, 0.6) is 11.5 Å². The molecule has 44 heavy (non-hydrogen) atoms. The summed E-state index contributed by atoms with van der Waals surface area (Å²) in [7, 11) is 0. The summed E-state index contributed by atoms with van der Waals surface area (Å²) in [4.78, 5) is 52.7. The second kappa shape index (κ2) is 12.0. The number of ether oxygens (including phenoxy) is 2. The lowest BCUT2D eigenvalue weighted by Crippen LogP contribution is -2.46. The molecule has 0 aromatic heterocycles. The van der Waals surface area contributed by atoms with Crippen molar-refractivity contribution in [3.8, 4) is 11.5 Å². The van der Waals surface area contributed by atoms with Gasteiger partial charge >= 0.3 is 0 Å². The number of fused-ring (bicyclic) bond motifs is 2. The number of halogens is 2. The summed E-state index contributed by atoms with van der Waals surface area (Å²) in [5.74, 6) is -0.556. The van der Waals surface area contributed by atoms with E-state index in [1.54, 1.807) is 84.9 Å². The fourth-order valence-corrected chi connectivity index (χ4v) is 6.41. The summed E-state index contributed by atoms with van der Waals surface area (Å²) in [6.45, 7) is 0.775. The summed E-state index contributed by atoms with van der Waals surface area (Å²) < 4.78 is 8.80. The van der Waals surface area contributed by atoms with Crippen molar-refractivity contribution in [2.45, 2.75) is 21.5 Å². The van der Waals surface area contributed by atoms with Gasteiger partial charge in [-0.1, -0.05) is 92.5 Å². The van der Waals surface area contributed by atoms with E-state index in [9.17, 15) is 19.2 Å². The van der Waals surface area contributed by atoms with E-state index in [0.717, 1.165) is 0 Å². The molecule has 2 unspecified atom stereocenters. The lowest BCUT2D eigenvalue weighted by molar-refractivity contribution is -0.118. The second-order valence-electron chi connectivity index (χ2n) is 10.4. The summed E-state index contributed by atoms with van der Waals surface area (Å²) in [5, 5.41) is 5.64. The van der Waals surface area contributed by atoms with Gasteiger partial charge in [-0.05, 0) is 60.4 Å². The van der Waals surface area contributed by atoms with Gasteiger partial charge in [-0.3, -0.25) is 19.2 Å². The molecule has 2 heterocycles. The molecule has 4 aromatic carbocycles. The van der Waals surface area contributed by atoms with Crippen molar-refractivity contribution in [3.63, 3.8) is 0 Å². The van der Waals surface area contributed by atoms with Crippen LogP contribution < -0.4 is 20.1 Å². The maximum atomic E-state index is 13.5. The van der Waals surface area contributed by atoms with Crippen LogP contribution in [0.15, 0.2) is 97.1 Å². The SMILES string of the molecule is O=C1Nc2ccc(OCCCCOc3ccc4c(c3)C(=O)C(Br)(c3ccccc3)C(=O)N4)cc2C(=O)C1(Br)c1ccccc1. The van der Waals surface area contributed by atoms with Crippen LogP contribution in [0.1, 0.15) is 44.7 Å². The Morgan fingerprint density at radius 3 is 1.32 bits per heavy atom. The first-order valence-electron chi connectivity index (χ1n) is 14.0. The van der Waals surface area contributed by atoms with E-state index >= 15 is 0 Å². The molecule has 2 aliphatic heterocycles. The highest BCUT2D eigenvalue weighted by Gasteiger charge is 2.50. The third-order valence-electron chi connectivity index (χ3n) is 7.64. The minimum absolute atomic E-state index is 0.356. The second-order valence-corrected chi connectivity index (χ2v) is 12.8. The third kappa shape index (κ3) is 5.22. The lowest BCUT2D eigenvalue weighted by Gasteiger charge is -2.31. The molecule has 222 valence electrons. The highest BCUT2D eigenvalue weighted by atomic mass is 79.9. The Morgan fingerprint density at radius 2 is 0.932 bits per heavy atom. The number of nitrogens with one attached hydrogen (secondary N) is 2. The van der Waals surface area contributed by atoms with E-state index in [2.05, 4.69) is 42.5 Å². The zero-order chi connectivity index (χ0) is 30.9. The van der Waals surface area contributed by atoms with Crippen LogP contribution in [0.4, 0.5) is 11.4 Å². The van der Waals surface area contributed by atoms with Gasteiger partial charge in [-0.25, -0.2) is 0 Å². The van der Waals surface area contributed by atoms with Gasteiger partial charge in [0.2, 0.25) is 0 Å².